The summed E-state index contributed by atoms with van der Waals surface area (Å²) in [6.45, 7) is 0.579. The van der Waals surface area contributed by atoms with Crippen molar-refractivity contribution in [3.63, 3.8) is 0 Å². The molecule has 0 bridgehead atoms. The summed E-state index contributed by atoms with van der Waals surface area (Å²) in [6.07, 6.45) is 3.24. The van der Waals surface area contributed by atoms with Crippen molar-refractivity contribution in [3.05, 3.63) is 33.8 Å². The van der Waals surface area contributed by atoms with Gasteiger partial charge in [-0.05, 0) is 36.5 Å². The second kappa shape index (κ2) is 6.92. The van der Waals surface area contributed by atoms with Gasteiger partial charge >= 0.3 is 0 Å². The zero-order valence-electron chi connectivity index (χ0n) is 11.2. The van der Waals surface area contributed by atoms with Crippen molar-refractivity contribution in [2.45, 2.75) is 18.8 Å². The van der Waals surface area contributed by atoms with E-state index in [1.54, 1.807) is 18.4 Å². The highest BCUT2D eigenvalue weighted by Crippen LogP contribution is 2.49. The monoisotopic (exact) mass is 333 g/mol. The molecule has 1 fully saturated rings. The minimum atomic E-state index is -0.799. The summed E-state index contributed by atoms with van der Waals surface area (Å²) in [5, 5.41) is 4.12. The summed E-state index contributed by atoms with van der Waals surface area (Å²) in [4.78, 5) is 12.0. The Kier molecular flexibility index (Phi) is 5.47. The van der Waals surface area contributed by atoms with Crippen LogP contribution in [0, 0.1) is 5.92 Å². The van der Waals surface area contributed by atoms with Gasteiger partial charge in [0.25, 0.3) is 0 Å². The van der Waals surface area contributed by atoms with E-state index < -0.39 is 10.8 Å². The number of nitrogens with one attached hydrogen (secondary N) is 1. The van der Waals surface area contributed by atoms with Crippen molar-refractivity contribution in [2.75, 3.05) is 18.6 Å². The standard InChI is InChI=1S/C14H17Cl2NO2S/c1-20(19)6-2-5-17-14(18)12-8-11(12)10-4-3-9(15)7-13(10)16/h3-4,7,11-12H,2,5-6,8H2,1H3,(H,17,18)/t11-,12-,20-/m1/s1. The van der Waals surface area contributed by atoms with E-state index >= 15 is 0 Å². The number of carbonyl (C=O) groups excluding carboxylic acids is 1. The SMILES string of the molecule is C[S@@](=O)CCCNC(=O)[C@@H]1C[C@@H]1c1ccc(Cl)cc1Cl. The molecule has 1 amide bonds. The molecule has 0 heterocycles. The van der Waals surface area contributed by atoms with Crippen LogP contribution in [0.1, 0.15) is 24.3 Å². The average molecular weight is 334 g/mol. The van der Waals surface area contributed by atoms with Crippen molar-refractivity contribution in [1.29, 1.82) is 0 Å². The van der Waals surface area contributed by atoms with Crippen molar-refractivity contribution in [2.24, 2.45) is 5.92 Å². The number of halogens is 2. The average Bonchev–Trinajstić information content (AvgIpc) is 3.14. The van der Waals surface area contributed by atoms with Gasteiger partial charge in [0, 0.05) is 45.3 Å². The fraction of sp³-hybridized carbons (Fsp3) is 0.500. The van der Waals surface area contributed by atoms with Gasteiger partial charge in [-0.25, -0.2) is 0 Å². The van der Waals surface area contributed by atoms with Crippen molar-refractivity contribution in [1.82, 2.24) is 5.32 Å². The van der Waals surface area contributed by atoms with Crippen LogP contribution in [0.4, 0.5) is 0 Å². The van der Waals surface area contributed by atoms with E-state index in [1.807, 2.05) is 6.07 Å². The molecule has 1 aliphatic carbocycles. The molecule has 0 saturated heterocycles. The summed E-state index contributed by atoms with van der Waals surface area (Å²) < 4.78 is 10.9. The first-order valence-corrected chi connectivity index (χ1v) is 9.00. The van der Waals surface area contributed by atoms with Gasteiger partial charge in [-0.1, -0.05) is 29.3 Å². The number of hydrogen-bond donors (Lipinski definition) is 1. The molecule has 0 aromatic heterocycles. The van der Waals surface area contributed by atoms with Crippen LogP contribution in [-0.2, 0) is 15.6 Å². The quantitative estimate of drug-likeness (QED) is 0.813. The molecule has 20 heavy (non-hydrogen) atoms. The maximum absolute atomic E-state index is 12.0. The van der Waals surface area contributed by atoms with Gasteiger partial charge in [-0.3, -0.25) is 9.00 Å². The van der Waals surface area contributed by atoms with Crippen LogP contribution < -0.4 is 5.32 Å². The largest absolute Gasteiger partial charge is 0.356 e. The lowest BCUT2D eigenvalue weighted by molar-refractivity contribution is -0.122. The molecular formula is C14H17Cl2NO2S. The molecule has 3 atom stereocenters. The topological polar surface area (TPSA) is 46.2 Å². The van der Waals surface area contributed by atoms with E-state index in [0.717, 1.165) is 18.4 Å². The van der Waals surface area contributed by atoms with Crippen LogP contribution in [0.3, 0.4) is 0 Å². The molecular weight excluding hydrogens is 317 g/mol. The van der Waals surface area contributed by atoms with E-state index in [-0.39, 0.29) is 17.7 Å². The fourth-order valence-electron chi connectivity index (χ4n) is 2.25. The Hall–Kier alpha value is -0.580. The first kappa shape index (κ1) is 15.8. The predicted molar refractivity (Wildman–Crippen MR) is 83.9 cm³/mol. The molecule has 0 spiro atoms. The Balaban J connectivity index is 1.82. The maximum atomic E-state index is 12.0. The zero-order valence-corrected chi connectivity index (χ0v) is 13.5. The lowest BCUT2D eigenvalue weighted by Gasteiger charge is -2.06. The zero-order chi connectivity index (χ0) is 14.7. The third-order valence-electron chi connectivity index (χ3n) is 3.40. The number of hydrogen-bond acceptors (Lipinski definition) is 2. The first-order valence-electron chi connectivity index (χ1n) is 6.51. The molecule has 1 N–H and O–H groups in total. The minimum Gasteiger partial charge on any atom is -0.356 e. The smallest absolute Gasteiger partial charge is 0.223 e. The third-order valence-corrected chi connectivity index (χ3v) is 4.82. The second-order valence-corrected chi connectivity index (χ2v) is 7.43. The molecule has 1 saturated carbocycles. The molecule has 6 heteroatoms. The van der Waals surface area contributed by atoms with Gasteiger partial charge < -0.3 is 5.32 Å². The molecule has 110 valence electrons. The molecule has 1 aliphatic rings. The van der Waals surface area contributed by atoms with Gasteiger partial charge in [0.1, 0.15) is 0 Å². The Morgan fingerprint density at radius 2 is 2.20 bits per heavy atom. The maximum Gasteiger partial charge on any atom is 0.223 e. The van der Waals surface area contributed by atoms with Gasteiger partial charge in [-0.2, -0.15) is 0 Å². The van der Waals surface area contributed by atoms with Crippen LogP contribution in [0.15, 0.2) is 18.2 Å². The Bertz CT molecular complexity index is 536. The summed E-state index contributed by atoms with van der Waals surface area (Å²) in [7, 11) is -0.799. The lowest BCUT2D eigenvalue weighted by Crippen LogP contribution is -2.27. The van der Waals surface area contributed by atoms with Gasteiger partial charge in [0.05, 0.1) is 0 Å². The number of rotatable bonds is 6. The van der Waals surface area contributed by atoms with Crippen molar-refractivity contribution >= 4 is 39.9 Å². The second-order valence-electron chi connectivity index (χ2n) is 5.04. The molecule has 0 radical (unpaired) electrons. The Morgan fingerprint density at radius 3 is 2.85 bits per heavy atom. The molecule has 3 nitrogen and oxygen atoms in total. The minimum absolute atomic E-state index is 0.000740. The fourth-order valence-corrected chi connectivity index (χ4v) is 3.35. The van der Waals surface area contributed by atoms with E-state index in [0.29, 0.717) is 22.3 Å². The highest BCUT2D eigenvalue weighted by atomic mass is 35.5. The van der Waals surface area contributed by atoms with Crippen LogP contribution in [0.5, 0.6) is 0 Å². The lowest BCUT2D eigenvalue weighted by atomic mass is 10.1. The molecule has 1 aromatic carbocycles. The van der Waals surface area contributed by atoms with Gasteiger partial charge in [0.15, 0.2) is 0 Å². The summed E-state index contributed by atoms with van der Waals surface area (Å²) in [5.41, 5.74) is 0.992. The number of amides is 1. The van der Waals surface area contributed by atoms with E-state index in [1.165, 1.54) is 0 Å². The van der Waals surface area contributed by atoms with E-state index in [2.05, 4.69) is 5.32 Å². The predicted octanol–water partition coefficient (Wildman–Crippen LogP) is 2.98. The molecule has 2 rings (SSSR count). The van der Waals surface area contributed by atoms with Crippen molar-refractivity contribution < 1.29 is 9.00 Å². The molecule has 1 aromatic rings. The van der Waals surface area contributed by atoms with E-state index in [9.17, 15) is 9.00 Å². The highest BCUT2D eigenvalue weighted by molar-refractivity contribution is 7.84. The Morgan fingerprint density at radius 1 is 1.45 bits per heavy atom. The van der Waals surface area contributed by atoms with E-state index in [4.69, 9.17) is 23.2 Å². The Labute approximate surface area is 131 Å². The van der Waals surface area contributed by atoms with Crippen LogP contribution in [0.25, 0.3) is 0 Å². The number of benzene rings is 1. The summed E-state index contributed by atoms with van der Waals surface area (Å²) in [6, 6.07) is 5.40. The summed E-state index contributed by atoms with van der Waals surface area (Å²) >= 11 is 12.0. The highest BCUT2D eigenvalue weighted by Gasteiger charge is 2.44. The van der Waals surface area contributed by atoms with Crippen LogP contribution in [0.2, 0.25) is 10.0 Å². The number of carbonyl (C=O) groups is 1. The van der Waals surface area contributed by atoms with Crippen molar-refractivity contribution in [3.8, 4) is 0 Å². The van der Waals surface area contributed by atoms with Gasteiger partial charge in [-0.15, -0.1) is 0 Å². The van der Waals surface area contributed by atoms with Crippen LogP contribution >= 0.6 is 23.2 Å². The van der Waals surface area contributed by atoms with Crippen LogP contribution in [-0.4, -0.2) is 28.7 Å². The normalized spacial score (nSPS) is 22.4. The molecule has 0 unspecified atom stereocenters. The third kappa shape index (κ3) is 4.21. The first-order chi connectivity index (χ1) is 9.49. The molecule has 0 aliphatic heterocycles. The summed E-state index contributed by atoms with van der Waals surface area (Å²) in [5.74, 6) is 0.876. The van der Waals surface area contributed by atoms with Gasteiger partial charge in [0.2, 0.25) is 5.91 Å².